The van der Waals surface area contributed by atoms with Gasteiger partial charge in [0, 0.05) is 20.2 Å². The predicted molar refractivity (Wildman–Crippen MR) is 80.4 cm³/mol. The van der Waals surface area contributed by atoms with Crippen LogP contribution in [0.1, 0.15) is 13.3 Å². The summed E-state index contributed by atoms with van der Waals surface area (Å²) in [5.74, 6) is 0.370. The van der Waals surface area contributed by atoms with Gasteiger partial charge in [-0.1, -0.05) is 18.5 Å². The van der Waals surface area contributed by atoms with E-state index in [2.05, 4.69) is 22.9 Å². The van der Waals surface area contributed by atoms with Gasteiger partial charge in [0.1, 0.15) is 4.21 Å². The molecule has 0 radical (unpaired) electrons. The van der Waals surface area contributed by atoms with Crippen LogP contribution in [-0.2, 0) is 14.8 Å². The standard InChI is InChI=1S/C11H15BrClNO3S2/c1-7-3-4-14(6-9(7)17-2)19(15,16)10-5-8(13)11(12)18-10/h5,7,9H,3-4,6H2,1-2H3. The molecule has 0 N–H and O–H groups in total. The first-order chi connectivity index (χ1) is 8.86. The highest BCUT2D eigenvalue weighted by Gasteiger charge is 2.34. The molecule has 2 heterocycles. The van der Waals surface area contributed by atoms with Crippen molar-refractivity contribution in [3.63, 3.8) is 0 Å². The summed E-state index contributed by atoms with van der Waals surface area (Å²) < 4.78 is 32.8. The Morgan fingerprint density at radius 2 is 2.26 bits per heavy atom. The minimum atomic E-state index is -3.47. The number of hydrogen-bond acceptors (Lipinski definition) is 4. The number of thiophene rings is 1. The van der Waals surface area contributed by atoms with Crippen LogP contribution in [0.2, 0.25) is 5.02 Å². The lowest BCUT2D eigenvalue weighted by atomic mass is 9.97. The molecule has 1 saturated heterocycles. The second-order valence-electron chi connectivity index (χ2n) is 4.59. The quantitative estimate of drug-likeness (QED) is 0.799. The van der Waals surface area contributed by atoms with Gasteiger partial charge in [-0.05, 0) is 34.3 Å². The Morgan fingerprint density at radius 1 is 1.58 bits per heavy atom. The number of nitrogens with zero attached hydrogens (tertiary/aromatic N) is 1. The number of rotatable bonds is 3. The van der Waals surface area contributed by atoms with Gasteiger partial charge in [0.05, 0.1) is 14.9 Å². The van der Waals surface area contributed by atoms with E-state index >= 15 is 0 Å². The summed E-state index contributed by atoms with van der Waals surface area (Å²) in [5, 5.41) is 0.428. The number of ether oxygens (including phenoxy) is 1. The Bertz CT molecular complexity index is 541. The van der Waals surface area contributed by atoms with Gasteiger partial charge in [-0.3, -0.25) is 0 Å². The zero-order valence-corrected chi connectivity index (χ0v) is 14.6. The van der Waals surface area contributed by atoms with Crippen molar-refractivity contribution in [1.29, 1.82) is 0 Å². The number of sulfonamides is 1. The van der Waals surface area contributed by atoms with Crippen molar-refractivity contribution >= 4 is 48.9 Å². The van der Waals surface area contributed by atoms with E-state index < -0.39 is 10.0 Å². The fourth-order valence-corrected chi connectivity index (χ4v) is 6.13. The minimum Gasteiger partial charge on any atom is -0.380 e. The maximum Gasteiger partial charge on any atom is 0.252 e. The van der Waals surface area contributed by atoms with Crippen molar-refractivity contribution in [2.24, 2.45) is 5.92 Å². The van der Waals surface area contributed by atoms with Crippen molar-refractivity contribution in [1.82, 2.24) is 4.31 Å². The van der Waals surface area contributed by atoms with Crippen LogP contribution in [0, 0.1) is 5.92 Å². The van der Waals surface area contributed by atoms with E-state index in [1.165, 1.54) is 10.4 Å². The van der Waals surface area contributed by atoms with E-state index in [1.807, 2.05) is 0 Å². The molecule has 0 saturated carbocycles. The summed E-state index contributed by atoms with van der Waals surface area (Å²) in [7, 11) is -1.85. The van der Waals surface area contributed by atoms with Gasteiger partial charge in [-0.25, -0.2) is 8.42 Å². The molecule has 1 aliphatic rings. The molecule has 108 valence electrons. The summed E-state index contributed by atoms with van der Waals surface area (Å²) in [4.78, 5) is 0. The molecule has 8 heteroatoms. The topological polar surface area (TPSA) is 46.6 Å². The average Bonchev–Trinajstić information content (AvgIpc) is 2.70. The van der Waals surface area contributed by atoms with Crippen molar-refractivity contribution in [2.45, 2.75) is 23.7 Å². The SMILES string of the molecule is COC1CN(S(=O)(=O)c2cc(Cl)c(Br)s2)CCC1C. The molecule has 2 rings (SSSR count). The van der Waals surface area contributed by atoms with E-state index in [-0.39, 0.29) is 10.3 Å². The van der Waals surface area contributed by atoms with Gasteiger partial charge in [0.15, 0.2) is 0 Å². The summed E-state index contributed by atoms with van der Waals surface area (Å²) in [5.41, 5.74) is 0. The van der Waals surface area contributed by atoms with Crippen LogP contribution < -0.4 is 0 Å². The Morgan fingerprint density at radius 3 is 2.79 bits per heavy atom. The van der Waals surface area contributed by atoms with Gasteiger partial charge in [0.2, 0.25) is 0 Å². The molecule has 1 aliphatic heterocycles. The number of halogens is 2. The third-order valence-electron chi connectivity index (χ3n) is 3.37. The van der Waals surface area contributed by atoms with E-state index in [4.69, 9.17) is 16.3 Å². The highest BCUT2D eigenvalue weighted by atomic mass is 79.9. The molecule has 0 aromatic carbocycles. The molecular weight excluding hydrogens is 374 g/mol. The largest absolute Gasteiger partial charge is 0.380 e. The number of piperidine rings is 1. The minimum absolute atomic E-state index is 0.0533. The molecule has 0 spiro atoms. The summed E-state index contributed by atoms with van der Waals surface area (Å²) >= 11 is 10.3. The molecule has 1 aromatic heterocycles. The molecule has 1 aromatic rings. The number of methoxy groups -OCH3 is 1. The fraction of sp³-hybridized carbons (Fsp3) is 0.636. The van der Waals surface area contributed by atoms with Crippen molar-refractivity contribution in [3.05, 3.63) is 14.9 Å². The molecular formula is C11H15BrClNO3S2. The zero-order valence-electron chi connectivity index (χ0n) is 10.6. The van der Waals surface area contributed by atoms with Crippen LogP contribution >= 0.6 is 38.9 Å². The molecule has 2 unspecified atom stereocenters. The van der Waals surface area contributed by atoms with E-state index in [0.29, 0.717) is 27.8 Å². The third kappa shape index (κ3) is 3.16. The van der Waals surface area contributed by atoms with Gasteiger partial charge in [0.25, 0.3) is 10.0 Å². The van der Waals surface area contributed by atoms with E-state index in [1.54, 1.807) is 7.11 Å². The van der Waals surface area contributed by atoms with Crippen molar-refractivity contribution in [2.75, 3.05) is 20.2 Å². The Labute approximate surface area is 130 Å². The highest BCUT2D eigenvalue weighted by Crippen LogP contribution is 2.36. The number of hydrogen-bond donors (Lipinski definition) is 0. The zero-order chi connectivity index (χ0) is 14.2. The van der Waals surface area contributed by atoms with Gasteiger partial charge in [-0.2, -0.15) is 4.31 Å². The summed E-state index contributed by atoms with van der Waals surface area (Å²) in [6.45, 7) is 3.00. The Kier molecular flexibility index (Phi) is 4.96. The molecule has 2 atom stereocenters. The maximum absolute atomic E-state index is 12.5. The van der Waals surface area contributed by atoms with Gasteiger partial charge in [-0.15, -0.1) is 11.3 Å². The van der Waals surface area contributed by atoms with Gasteiger partial charge >= 0.3 is 0 Å². The average molecular weight is 389 g/mol. The summed E-state index contributed by atoms with van der Waals surface area (Å²) in [6, 6.07) is 1.49. The molecule has 4 nitrogen and oxygen atoms in total. The molecule has 0 bridgehead atoms. The predicted octanol–water partition coefficient (Wildman–Crippen LogP) is 3.21. The Hall–Kier alpha value is 0.340. The second-order valence-corrected chi connectivity index (χ2v) is 9.53. The lowest BCUT2D eigenvalue weighted by molar-refractivity contribution is 0.0184. The van der Waals surface area contributed by atoms with E-state index in [9.17, 15) is 8.42 Å². The van der Waals surface area contributed by atoms with Crippen LogP contribution in [-0.4, -0.2) is 39.0 Å². The van der Waals surface area contributed by atoms with Gasteiger partial charge < -0.3 is 4.74 Å². The van der Waals surface area contributed by atoms with Crippen LogP contribution in [0.5, 0.6) is 0 Å². The summed E-state index contributed by atoms with van der Waals surface area (Å²) in [6.07, 6.45) is 0.750. The fourth-order valence-electron chi connectivity index (χ4n) is 2.11. The molecule has 0 amide bonds. The monoisotopic (exact) mass is 387 g/mol. The van der Waals surface area contributed by atoms with Crippen LogP contribution in [0.25, 0.3) is 0 Å². The van der Waals surface area contributed by atoms with Crippen LogP contribution in [0.15, 0.2) is 14.1 Å². The first-order valence-corrected chi connectivity index (χ1v) is 9.26. The molecule has 1 fully saturated rings. The first kappa shape index (κ1) is 15.7. The van der Waals surface area contributed by atoms with Crippen LogP contribution in [0.3, 0.4) is 0 Å². The smallest absolute Gasteiger partial charge is 0.252 e. The normalized spacial score (nSPS) is 25.7. The first-order valence-electron chi connectivity index (χ1n) is 5.84. The lowest BCUT2D eigenvalue weighted by Crippen LogP contribution is -2.46. The van der Waals surface area contributed by atoms with E-state index in [0.717, 1.165) is 17.8 Å². The lowest BCUT2D eigenvalue weighted by Gasteiger charge is -2.35. The molecule has 19 heavy (non-hydrogen) atoms. The van der Waals surface area contributed by atoms with Crippen molar-refractivity contribution < 1.29 is 13.2 Å². The second kappa shape index (κ2) is 5.99. The Balaban J connectivity index is 2.25. The third-order valence-corrected chi connectivity index (χ3v) is 8.16. The van der Waals surface area contributed by atoms with Crippen LogP contribution in [0.4, 0.5) is 0 Å². The highest BCUT2D eigenvalue weighted by molar-refractivity contribution is 9.11. The van der Waals surface area contributed by atoms with Crippen molar-refractivity contribution in [3.8, 4) is 0 Å². The molecule has 0 aliphatic carbocycles. The maximum atomic E-state index is 12.5.